The van der Waals surface area contributed by atoms with Gasteiger partial charge in [0.15, 0.2) is 0 Å². The summed E-state index contributed by atoms with van der Waals surface area (Å²) < 4.78 is 18.8. The number of hydrogen-bond donors (Lipinski definition) is 1. The molecule has 0 aromatic heterocycles. The van der Waals surface area contributed by atoms with Gasteiger partial charge in [0.05, 0.1) is 11.1 Å². The summed E-state index contributed by atoms with van der Waals surface area (Å²) in [6, 6.07) is 4.87. The Morgan fingerprint density at radius 3 is 2.81 bits per heavy atom. The minimum absolute atomic E-state index is 0.0871. The molecule has 84 valence electrons. The van der Waals surface area contributed by atoms with E-state index in [2.05, 4.69) is 5.32 Å². The average molecular weight is 221 g/mol. The van der Waals surface area contributed by atoms with E-state index in [4.69, 9.17) is 4.74 Å². The molecule has 3 nitrogen and oxygen atoms in total. The number of anilines is 1. The smallest absolute Gasteiger partial charge is 0.235 e. The molecule has 0 saturated carbocycles. The molecular formula is C12H12FNO2. The number of para-hydroxylation sites is 1. The third-order valence-corrected chi connectivity index (χ3v) is 3.55. The standard InChI is InChI=1S/C12H12FNO2/c13-9-3-1-2-8-10(9)14-11(15)12(8)4-6-16-7-5-12/h1-3H,4-7H2,(H,14,15). The minimum atomic E-state index is -0.560. The van der Waals surface area contributed by atoms with E-state index in [-0.39, 0.29) is 11.7 Å². The van der Waals surface area contributed by atoms with Gasteiger partial charge >= 0.3 is 0 Å². The number of fused-ring (bicyclic) bond motifs is 2. The summed E-state index contributed by atoms with van der Waals surface area (Å²) in [5.41, 5.74) is 0.588. The van der Waals surface area contributed by atoms with E-state index in [0.29, 0.717) is 31.7 Å². The highest BCUT2D eigenvalue weighted by Gasteiger charge is 2.48. The molecule has 16 heavy (non-hydrogen) atoms. The van der Waals surface area contributed by atoms with E-state index in [1.807, 2.05) is 6.07 Å². The van der Waals surface area contributed by atoms with Crippen LogP contribution in [0.25, 0.3) is 0 Å². The SMILES string of the molecule is O=C1Nc2c(F)cccc2C12CCOCC2. The van der Waals surface area contributed by atoms with Crippen LogP contribution in [0.15, 0.2) is 18.2 Å². The van der Waals surface area contributed by atoms with Gasteiger partial charge in [-0.05, 0) is 24.5 Å². The van der Waals surface area contributed by atoms with E-state index >= 15 is 0 Å². The Balaban J connectivity index is 2.15. The van der Waals surface area contributed by atoms with Crippen molar-refractivity contribution < 1.29 is 13.9 Å². The van der Waals surface area contributed by atoms with Crippen LogP contribution in [0, 0.1) is 5.82 Å². The molecular weight excluding hydrogens is 209 g/mol. The van der Waals surface area contributed by atoms with Crippen molar-refractivity contribution in [3.05, 3.63) is 29.6 Å². The van der Waals surface area contributed by atoms with E-state index < -0.39 is 5.41 Å². The number of halogens is 1. The first-order valence-corrected chi connectivity index (χ1v) is 5.42. The number of rotatable bonds is 0. The van der Waals surface area contributed by atoms with E-state index in [1.54, 1.807) is 6.07 Å². The van der Waals surface area contributed by atoms with Gasteiger partial charge in [0.25, 0.3) is 0 Å². The van der Waals surface area contributed by atoms with Gasteiger partial charge in [-0.3, -0.25) is 4.79 Å². The zero-order chi connectivity index (χ0) is 11.2. The van der Waals surface area contributed by atoms with Gasteiger partial charge < -0.3 is 10.1 Å². The Morgan fingerprint density at radius 1 is 1.31 bits per heavy atom. The molecule has 2 heterocycles. The van der Waals surface area contributed by atoms with Gasteiger partial charge in [0.2, 0.25) is 5.91 Å². The largest absolute Gasteiger partial charge is 0.381 e. The highest BCUT2D eigenvalue weighted by Crippen LogP contribution is 2.45. The fraction of sp³-hybridized carbons (Fsp3) is 0.417. The van der Waals surface area contributed by atoms with Crippen molar-refractivity contribution in [1.29, 1.82) is 0 Å². The highest BCUT2D eigenvalue weighted by atomic mass is 19.1. The van der Waals surface area contributed by atoms with Crippen LogP contribution >= 0.6 is 0 Å². The van der Waals surface area contributed by atoms with Gasteiger partial charge in [0, 0.05) is 13.2 Å². The third kappa shape index (κ3) is 1.13. The average Bonchev–Trinajstić information content (AvgIpc) is 2.57. The number of nitrogens with one attached hydrogen (secondary N) is 1. The van der Waals surface area contributed by atoms with Gasteiger partial charge in [-0.2, -0.15) is 0 Å². The first-order chi connectivity index (χ1) is 7.74. The van der Waals surface area contributed by atoms with Crippen LogP contribution in [0.2, 0.25) is 0 Å². The molecule has 1 N–H and O–H groups in total. The van der Waals surface area contributed by atoms with Crippen molar-refractivity contribution >= 4 is 11.6 Å². The monoisotopic (exact) mass is 221 g/mol. The number of amides is 1. The second-order valence-electron chi connectivity index (χ2n) is 4.31. The Bertz CT molecular complexity index is 452. The topological polar surface area (TPSA) is 38.3 Å². The molecule has 1 aromatic carbocycles. The molecule has 1 aromatic rings. The molecule has 0 bridgehead atoms. The predicted octanol–water partition coefficient (Wildman–Crippen LogP) is 1.83. The van der Waals surface area contributed by atoms with E-state index in [9.17, 15) is 9.18 Å². The van der Waals surface area contributed by atoms with Crippen molar-refractivity contribution in [2.75, 3.05) is 18.5 Å². The van der Waals surface area contributed by atoms with Gasteiger partial charge in [-0.15, -0.1) is 0 Å². The quantitative estimate of drug-likeness (QED) is 0.725. The number of hydrogen-bond acceptors (Lipinski definition) is 2. The normalized spacial score (nSPS) is 21.9. The summed E-state index contributed by atoms with van der Waals surface area (Å²) in [6.07, 6.45) is 1.27. The molecule has 1 amide bonds. The summed E-state index contributed by atoms with van der Waals surface area (Å²) >= 11 is 0. The maximum atomic E-state index is 13.6. The Morgan fingerprint density at radius 2 is 2.06 bits per heavy atom. The lowest BCUT2D eigenvalue weighted by molar-refractivity contribution is -0.124. The van der Waals surface area contributed by atoms with E-state index in [0.717, 1.165) is 5.56 Å². The summed E-state index contributed by atoms with van der Waals surface area (Å²) in [6.45, 7) is 1.12. The van der Waals surface area contributed by atoms with Crippen LogP contribution in [0.4, 0.5) is 10.1 Å². The summed E-state index contributed by atoms with van der Waals surface area (Å²) in [5.74, 6) is -0.440. The molecule has 0 unspecified atom stereocenters. The fourth-order valence-electron chi connectivity index (χ4n) is 2.62. The van der Waals surface area contributed by atoms with Gasteiger partial charge in [0.1, 0.15) is 5.82 Å². The summed E-state index contributed by atoms with van der Waals surface area (Å²) in [7, 11) is 0. The lowest BCUT2D eigenvalue weighted by Gasteiger charge is -2.31. The summed E-state index contributed by atoms with van der Waals surface area (Å²) in [5, 5.41) is 2.66. The van der Waals surface area contributed by atoms with Gasteiger partial charge in [-0.25, -0.2) is 4.39 Å². The van der Waals surface area contributed by atoms with Crippen LogP contribution in [0.1, 0.15) is 18.4 Å². The maximum absolute atomic E-state index is 13.6. The predicted molar refractivity (Wildman–Crippen MR) is 56.8 cm³/mol. The lowest BCUT2D eigenvalue weighted by atomic mass is 9.75. The number of ether oxygens (including phenoxy) is 1. The third-order valence-electron chi connectivity index (χ3n) is 3.55. The molecule has 0 atom stereocenters. The molecule has 0 radical (unpaired) electrons. The molecule has 4 heteroatoms. The zero-order valence-corrected chi connectivity index (χ0v) is 8.75. The Labute approximate surface area is 92.6 Å². The van der Waals surface area contributed by atoms with Crippen LogP contribution in [-0.2, 0) is 14.9 Å². The van der Waals surface area contributed by atoms with Crippen molar-refractivity contribution in [2.24, 2.45) is 0 Å². The van der Waals surface area contributed by atoms with Crippen LogP contribution in [0.3, 0.4) is 0 Å². The van der Waals surface area contributed by atoms with Crippen LogP contribution < -0.4 is 5.32 Å². The zero-order valence-electron chi connectivity index (χ0n) is 8.75. The number of carbonyl (C=O) groups excluding carboxylic acids is 1. The lowest BCUT2D eigenvalue weighted by Crippen LogP contribution is -2.39. The summed E-state index contributed by atoms with van der Waals surface area (Å²) in [4.78, 5) is 12.0. The van der Waals surface area contributed by atoms with E-state index in [1.165, 1.54) is 6.07 Å². The fourth-order valence-corrected chi connectivity index (χ4v) is 2.62. The minimum Gasteiger partial charge on any atom is -0.381 e. The number of carbonyl (C=O) groups is 1. The van der Waals surface area contributed by atoms with Crippen molar-refractivity contribution in [2.45, 2.75) is 18.3 Å². The molecule has 3 rings (SSSR count). The molecule has 2 aliphatic rings. The molecule has 0 aliphatic carbocycles. The first-order valence-electron chi connectivity index (χ1n) is 5.42. The molecule has 1 spiro atoms. The molecule has 1 saturated heterocycles. The van der Waals surface area contributed by atoms with Crippen LogP contribution in [0.5, 0.6) is 0 Å². The number of benzene rings is 1. The van der Waals surface area contributed by atoms with Crippen molar-refractivity contribution in [3.63, 3.8) is 0 Å². The van der Waals surface area contributed by atoms with Crippen molar-refractivity contribution in [1.82, 2.24) is 0 Å². The second-order valence-corrected chi connectivity index (χ2v) is 4.31. The second kappa shape index (κ2) is 3.28. The van der Waals surface area contributed by atoms with Crippen molar-refractivity contribution in [3.8, 4) is 0 Å². The Kier molecular flexibility index (Phi) is 2.01. The first kappa shape index (κ1) is 9.78. The van der Waals surface area contributed by atoms with Crippen LogP contribution in [-0.4, -0.2) is 19.1 Å². The van der Waals surface area contributed by atoms with Gasteiger partial charge in [-0.1, -0.05) is 12.1 Å². The molecule has 1 fully saturated rings. The highest BCUT2D eigenvalue weighted by molar-refractivity contribution is 6.06. The maximum Gasteiger partial charge on any atom is 0.235 e. The Hall–Kier alpha value is -1.42. The molecule has 2 aliphatic heterocycles.